The second-order valence-electron chi connectivity index (χ2n) is 6.04. The second kappa shape index (κ2) is 7.85. The van der Waals surface area contributed by atoms with Gasteiger partial charge in [-0.3, -0.25) is 0 Å². The minimum absolute atomic E-state index is 0.243. The summed E-state index contributed by atoms with van der Waals surface area (Å²) in [6, 6.07) is 10.7. The molecule has 0 radical (unpaired) electrons. The van der Waals surface area contributed by atoms with E-state index in [4.69, 9.17) is 0 Å². The SMILES string of the molecule is CC(CCCSc1ccccc1)CNC(C)(C)C. The highest BCUT2D eigenvalue weighted by molar-refractivity contribution is 7.99. The fourth-order valence-electron chi connectivity index (χ4n) is 1.72. The molecular formula is C16H27NS. The minimum Gasteiger partial charge on any atom is -0.312 e. The first-order valence-corrected chi connectivity index (χ1v) is 7.89. The average molecular weight is 265 g/mol. The van der Waals surface area contributed by atoms with E-state index in [0.717, 1.165) is 12.5 Å². The Morgan fingerprint density at radius 1 is 1.17 bits per heavy atom. The second-order valence-corrected chi connectivity index (χ2v) is 7.21. The molecule has 1 aromatic rings. The van der Waals surface area contributed by atoms with E-state index in [1.807, 2.05) is 11.8 Å². The van der Waals surface area contributed by atoms with E-state index in [9.17, 15) is 0 Å². The van der Waals surface area contributed by atoms with Crippen molar-refractivity contribution in [1.82, 2.24) is 5.32 Å². The van der Waals surface area contributed by atoms with Gasteiger partial charge in [0.05, 0.1) is 0 Å². The smallest absolute Gasteiger partial charge is 0.00966 e. The maximum Gasteiger partial charge on any atom is 0.00966 e. The molecule has 1 nitrogen and oxygen atoms in total. The van der Waals surface area contributed by atoms with Crippen LogP contribution < -0.4 is 5.32 Å². The molecule has 0 aliphatic rings. The van der Waals surface area contributed by atoms with Gasteiger partial charge in [-0.25, -0.2) is 0 Å². The Hall–Kier alpha value is -0.470. The molecule has 1 N–H and O–H groups in total. The van der Waals surface area contributed by atoms with Crippen molar-refractivity contribution in [3.05, 3.63) is 30.3 Å². The van der Waals surface area contributed by atoms with Crippen LogP contribution in [-0.4, -0.2) is 17.8 Å². The van der Waals surface area contributed by atoms with Crippen molar-refractivity contribution in [1.29, 1.82) is 0 Å². The largest absolute Gasteiger partial charge is 0.312 e. The predicted octanol–water partition coefficient (Wildman–Crippen LogP) is 4.58. The summed E-state index contributed by atoms with van der Waals surface area (Å²) in [4.78, 5) is 1.39. The lowest BCUT2D eigenvalue weighted by Crippen LogP contribution is -2.38. The Morgan fingerprint density at radius 3 is 2.44 bits per heavy atom. The molecule has 0 aromatic heterocycles. The minimum atomic E-state index is 0.243. The molecule has 102 valence electrons. The van der Waals surface area contributed by atoms with E-state index >= 15 is 0 Å². The van der Waals surface area contributed by atoms with Crippen LogP contribution in [-0.2, 0) is 0 Å². The van der Waals surface area contributed by atoms with E-state index in [2.05, 4.69) is 63.3 Å². The van der Waals surface area contributed by atoms with Crippen LogP contribution in [0.25, 0.3) is 0 Å². The van der Waals surface area contributed by atoms with Gasteiger partial charge >= 0.3 is 0 Å². The number of hydrogen-bond acceptors (Lipinski definition) is 2. The molecule has 0 saturated heterocycles. The molecule has 18 heavy (non-hydrogen) atoms. The van der Waals surface area contributed by atoms with Crippen molar-refractivity contribution in [2.45, 2.75) is 51.0 Å². The molecule has 0 spiro atoms. The summed E-state index contributed by atoms with van der Waals surface area (Å²) in [5.41, 5.74) is 0.243. The van der Waals surface area contributed by atoms with Gasteiger partial charge in [-0.2, -0.15) is 0 Å². The van der Waals surface area contributed by atoms with E-state index in [-0.39, 0.29) is 5.54 Å². The van der Waals surface area contributed by atoms with Gasteiger partial charge in [0.15, 0.2) is 0 Å². The molecule has 0 bridgehead atoms. The Balaban J connectivity index is 2.07. The standard InChI is InChI=1S/C16H27NS/c1-14(13-17-16(2,3)4)9-8-12-18-15-10-6-5-7-11-15/h5-7,10-11,14,17H,8-9,12-13H2,1-4H3. The Kier molecular flexibility index (Phi) is 6.80. The van der Waals surface area contributed by atoms with Crippen LogP contribution in [0.1, 0.15) is 40.5 Å². The van der Waals surface area contributed by atoms with Gasteiger partial charge in [0.25, 0.3) is 0 Å². The van der Waals surface area contributed by atoms with E-state index < -0.39 is 0 Å². The number of hydrogen-bond donors (Lipinski definition) is 1. The summed E-state index contributed by atoms with van der Waals surface area (Å²) in [6.45, 7) is 10.1. The zero-order valence-corrected chi connectivity index (χ0v) is 13.0. The Bertz CT molecular complexity index is 316. The number of rotatable bonds is 7. The van der Waals surface area contributed by atoms with E-state index in [1.165, 1.54) is 23.5 Å². The zero-order chi connectivity index (χ0) is 13.4. The summed E-state index contributed by atoms with van der Waals surface area (Å²) in [5.74, 6) is 1.99. The van der Waals surface area contributed by atoms with Crippen molar-refractivity contribution < 1.29 is 0 Å². The number of benzene rings is 1. The van der Waals surface area contributed by atoms with Crippen LogP contribution in [0, 0.1) is 5.92 Å². The fraction of sp³-hybridized carbons (Fsp3) is 0.625. The Morgan fingerprint density at radius 2 is 1.83 bits per heavy atom. The van der Waals surface area contributed by atoms with Crippen LogP contribution in [0.2, 0.25) is 0 Å². The van der Waals surface area contributed by atoms with E-state index in [1.54, 1.807) is 0 Å². The first-order valence-electron chi connectivity index (χ1n) is 6.90. The van der Waals surface area contributed by atoms with Crippen molar-refractivity contribution in [3.8, 4) is 0 Å². The summed E-state index contributed by atoms with van der Waals surface area (Å²) in [5, 5.41) is 3.57. The highest BCUT2D eigenvalue weighted by Crippen LogP contribution is 2.19. The summed E-state index contributed by atoms with van der Waals surface area (Å²) < 4.78 is 0. The molecule has 0 aliphatic carbocycles. The lowest BCUT2D eigenvalue weighted by molar-refractivity contribution is 0.371. The predicted molar refractivity (Wildman–Crippen MR) is 83.3 cm³/mol. The lowest BCUT2D eigenvalue weighted by atomic mass is 10.0. The summed E-state index contributed by atoms with van der Waals surface area (Å²) >= 11 is 1.97. The van der Waals surface area contributed by atoms with Crippen LogP contribution in [0.15, 0.2) is 35.2 Å². The molecule has 1 aromatic carbocycles. The molecule has 2 heteroatoms. The third-order valence-electron chi connectivity index (χ3n) is 2.83. The zero-order valence-electron chi connectivity index (χ0n) is 12.2. The molecule has 0 saturated carbocycles. The van der Waals surface area contributed by atoms with Crippen LogP contribution in [0.3, 0.4) is 0 Å². The van der Waals surface area contributed by atoms with Gasteiger partial charge in [-0.05, 0) is 64.0 Å². The quantitative estimate of drug-likeness (QED) is 0.572. The van der Waals surface area contributed by atoms with Gasteiger partial charge in [0, 0.05) is 10.4 Å². The van der Waals surface area contributed by atoms with Gasteiger partial charge in [0.2, 0.25) is 0 Å². The normalized spacial score (nSPS) is 13.6. The van der Waals surface area contributed by atoms with Gasteiger partial charge in [-0.1, -0.05) is 25.1 Å². The van der Waals surface area contributed by atoms with Crippen molar-refractivity contribution in [2.75, 3.05) is 12.3 Å². The Labute approximate surface area is 117 Å². The van der Waals surface area contributed by atoms with Gasteiger partial charge in [-0.15, -0.1) is 11.8 Å². The first-order chi connectivity index (χ1) is 8.47. The maximum atomic E-state index is 3.57. The van der Waals surface area contributed by atoms with Crippen molar-refractivity contribution >= 4 is 11.8 Å². The third kappa shape index (κ3) is 7.78. The molecule has 1 atom stereocenters. The molecule has 1 unspecified atom stereocenters. The number of thioether (sulfide) groups is 1. The molecule has 0 amide bonds. The van der Waals surface area contributed by atoms with Gasteiger partial charge in [0.1, 0.15) is 0 Å². The monoisotopic (exact) mass is 265 g/mol. The maximum absolute atomic E-state index is 3.57. The van der Waals surface area contributed by atoms with Crippen molar-refractivity contribution in [2.24, 2.45) is 5.92 Å². The third-order valence-corrected chi connectivity index (χ3v) is 3.93. The highest BCUT2D eigenvalue weighted by atomic mass is 32.2. The van der Waals surface area contributed by atoms with E-state index in [0.29, 0.717) is 0 Å². The molecule has 0 heterocycles. The summed E-state index contributed by atoms with van der Waals surface area (Å²) in [6.07, 6.45) is 2.61. The average Bonchev–Trinajstić information content (AvgIpc) is 2.33. The number of nitrogens with one attached hydrogen (secondary N) is 1. The van der Waals surface area contributed by atoms with Crippen molar-refractivity contribution in [3.63, 3.8) is 0 Å². The topological polar surface area (TPSA) is 12.0 Å². The van der Waals surface area contributed by atoms with Crippen LogP contribution in [0.5, 0.6) is 0 Å². The summed E-state index contributed by atoms with van der Waals surface area (Å²) in [7, 11) is 0. The fourth-order valence-corrected chi connectivity index (χ4v) is 2.62. The first kappa shape index (κ1) is 15.6. The molecule has 0 fully saturated rings. The molecule has 0 aliphatic heterocycles. The molecular weight excluding hydrogens is 238 g/mol. The lowest BCUT2D eigenvalue weighted by Gasteiger charge is -2.23. The van der Waals surface area contributed by atoms with Gasteiger partial charge < -0.3 is 5.32 Å². The van der Waals surface area contributed by atoms with Crippen LogP contribution >= 0.6 is 11.8 Å². The van der Waals surface area contributed by atoms with Crippen LogP contribution in [0.4, 0.5) is 0 Å². The highest BCUT2D eigenvalue weighted by Gasteiger charge is 2.10. The molecule has 1 rings (SSSR count).